The van der Waals surface area contributed by atoms with Crippen LogP contribution >= 0.6 is 0 Å². The maximum absolute atomic E-state index is 13.8. The van der Waals surface area contributed by atoms with Gasteiger partial charge in [-0.2, -0.15) is 0 Å². The second kappa shape index (κ2) is 13.1. The van der Waals surface area contributed by atoms with Crippen LogP contribution in [-0.2, 0) is 19.6 Å². The van der Waals surface area contributed by atoms with Crippen LogP contribution in [0.5, 0.6) is 23.0 Å². The number of benzene rings is 2. The average molecular weight is 511 g/mol. The molecule has 0 heterocycles. The summed E-state index contributed by atoms with van der Waals surface area (Å²) >= 11 is 0. The summed E-state index contributed by atoms with van der Waals surface area (Å²) in [4.78, 5) is 12.7. The van der Waals surface area contributed by atoms with Crippen LogP contribution in [0, 0.1) is 0 Å². The lowest BCUT2D eigenvalue weighted by Crippen LogP contribution is -2.41. The summed E-state index contributed by atoms with van der Waals surface area (Å²) in [6.45, 7) is 4.19. The van der Waals surface area contributed by atoms with Gasteiger partial charge in [-0.25, -0.2) is 8.42 Å². The number of hydrogen-bond donors (Lipinski definition) is 1. The molecule has 0 atom stereocenters. The minimum Gasteiger partial charge on any atom is -0.497 e. The molecule has 0 aliphatic rings. The zero-order valence-electron chi connectivity index (χ0n) is 21.0. The Bertz CT molecular complexity index is 1090. The molecule has 2 aromatic carbocycles. The van der Waals surface area contributed by atoms with Crippen molar-refractivity contribution in [3.8, 4) is 23.0 Å². The summed E-state index contributed by atoms with van der Waals surface area (Å²) in [5.41, 5.74) is 0.153. The zero-order valence-corrected chi connectivity index (χ0v) is 21.8. The molecule has 0 aromatic heterocycles. The van der Waals surface area contributed by atoms with Crippen LogP contribution in [0.2, 0.25) is 0 Å². The van der Waals surface area contributed by atoms with Gasteiger partial charge >= 0.3 is 0 Å². The minimum absolute atomic E-state index is 0.0850. The molecule has 194 valence electrons. The Morgan fingerprint density at radius 2 is 1.57 bits per heavy atom. The Balaban J connectivity index is 2.43. The van der Waals surface area contributed by atoms with E-state index in [1.165, 1.54) is 52.7 Å². The van der Waals surface area contributed by atoms with Gasteiger partial charge in [0, 0.05) is 25.3 Å². The predicted octanol–water partition coefficient (Wildman–Crippen LogP) is 2.85. The third-order valence-electron chi connectivity index (χ3n) is 4.98. The minimum atomic E-state index is -4.23. The Morgan fingerprint density at radius 3 is 2.17 bits per heavy atom. The van der Waals surface area contributed by atoms with E-state index in [0.717, 1.165) is 4.31 Å². The summed E-state index contributed by atoms with van der Waals surface area (Å²) in [5, 5.41) is 2.75. The van der Waals surface area contributed by atoms with E-state index in [1.54, 1.807) is 12.1 Å². The number of sulfonamides is 1. The fourth-order valence-corrected chi connectivity index (χ4v) is 4.64. The highest BCUT2D eigenvalue weighted by molar-refractivity contribution is 7.92. The number of hydrogen-bond acceptors (Lipinski definition) is 8. The van der Waals surface area contributed by atoms with E-state index < -0.39 is 22.5 Å². The molecule has 1 N–H and O–H groups in total. The van der Waals surface area contributed by atoms with Crippen molar-refractivity contribution in [2.24, 2.45) is 0 Å². The molecule has 0 unspecified atom stereocenters. The summed E-state index contributed by atoms with van der Waals surface area (Å²) in [6, 6.07) is 8.93. The molecular weight excluding hydrogens is 476 g/mol. The summed E-state index contributed by atoms with van der Waals surface area (Å²) in [5.74, 6) is 0.787. The quantitative estimate of drug-likeness (QED) is 0.386. The van der Waals surface area contributed by atoms with E-state index in [2.05, 4.69) is 5.32 Å². The number of anilines is 1. The van der Waals surface area contributed by atoms with Crippen LogP contribution in [-0.4, -0.2) is 68.6 Å². The highest BCUT2D eigenvalue weighted by Gasteiger charge is 2.30. The molecule has 0 fully saturated rings. The summed E-state index contributed by atoms with van der Waals surface area (Å²) in [7, 11) is 1.51. The first kappa shape index (κ1) is 28.1. The fraction of sp³-hybridized carbons (Fsp3) is 0.458. The SMILES string of the molecule is COc1ccc(OC)c(N(CC(=O)NCCCOC(C)C)S(=O)(=O)c2ccc(OC)c(OC)c2)c1. The van der Waals surface area contributed by atoms with E-state index in [-0.39, 0.29) is 28.2 Å². The molecule has 11 heteroatoms. The largest absolute Gasteiger partial charge is 0.497 e. The molecular formula is C24H34N2O8S. The van der Waals surface area contributed by atoms with Crippen molar-refractivity contribution in [1.29, 1.82) is 0 Å². The van der Waals surface area contributed by atoms with Gasteiger partial charge in [0.2, 0.25) is 5.91 Å². The lowest BCUT2D eigenvalue weighted by molar-refractivity contribution is -0.119. The Hall–Kier alpha value is -3.18. The summed E-state index contributed by atoms with van der Waals surface area (Å²) < 4.78 is 55.2. The first-order valence-electron chi connectivity index (χ1n) is 11.0. The van der Waals surface area contributed by atoms with Crippen LogP contribution < -0.4 is 28.6 Å². The van der Waals surface area contributed by atoms with Gasteiger partial charge in [0.25, 0.3) is 10.0 Å². The standard InChI is InChI=1S/C24H34N2O8S/c1-17(2)34-13-7-12-25-24(27)16-26(20-14-18(30-3)8-10-21(20)31-4)35(28,29)19-9-11-22(32-5)23(15-19)33-6/h8-11,14-15,17H,7,12-13,16H2,1-6H3,(H,25,27). The van der Waals surface area contributed by atoms with Crippen molar-refractivity contribution in [2.75, 3.05) is 52.4 Å². The van der Waals surface area contributed by atoms with Gasteiger partial charge in [0.1, 0.15) is 18.0 Å². The summed E-state index contributed by atoms with van der Waals surface area (Å²) in [6.07, 6.45) is 0.683. The van der Waals surface area contributed by atoms with Crippen molar-refractivity contribution < 1.29 is 36.9 Å². The number of carbonyl (C=O) groups excluding carboxylic acids is 1. The molecule has 0 aliphatic heterocycles. The molecule has 10 nitrogen and oxygen atoms in total. The first-order chi connectivity index (χ1) is 16.7. The number of amides is 1. The van der Waals surface area contributed by atoms with E-state index in [4.69, 9.17) is 23.7 Å². The van der Waals surface area contributed by atoms with Crippen LogP contribution in [0.3, 0.4) is 0 Å². The molecule has 2 aromatic rings. The smallest absolute Gasteiger partial charge is 0.265 e. The van der Waals surface area contributed by atoms with Crippen LogP contribution in [0.1, 0.15) is 20.3 Å². The lowest BCUT2D eigenvalue weighted by Gasteiger charge is -2.26. The van der Waals surface area contributed by atoms with Crippen LogP contribution in [0.4, 0.5) is 5.69 Å². The fourth-order valence-electron chi connectivity index (χ4n) is 3.20. The number of methoxy groups -OCH3 is 4. The maximum Gasteiger partial charge on any atom is 0.265 e. The van der Waals surface area contributed by atoms with Gasteiger partial charge in [0.15, 0.2) is 11.5 Å². The Labute approximate surface area is 207 Å². The van der Waals surface area contributed by atoms with Gasteiger partial charge < -0.3 is 29.0 Å². The number of carbonyl (C=O) groups is 1. The number of rotatable bonds is 14. The van der Waals surface area contributed by atoms with Gasteiger partial charge in [-0.05, 0) is 44.5 Å². The van der Waals surface area contributed by atoms with Crippen LogP contribution in [0.25, 0.3) is 0 Å². The van der Waals surface area contributed by atoms with Gasteiger partial charge in [-0.15, -0.1) is 0 Å². The van der Waals surface area contributed by atoms with Gasteiger partial charge in [-0.3, -0.25) is 9.10 Å². The highest BCUT2D eigenvalue weighted by Crippen LogP contribution is 2.37. The molecule has 0 bridgehead atoms. The molecule has 0 aliphatic carbocycles. The average Bonchev–Trinajstić information content (AvgIpc) is 2.85. The monoisotopic (exact) mass is 510 g/mol. The topological polar surface area (TPSA) is 113 Å². The number of nitrogens with one attached hydrogen (secondary N) is 1. The number of nitrogens with zero attached hydrogens (tertiary/aromatic N) is 1. The Kier molecular flexibility index (Phi) is 10.5. The molecule has 0 radical (unpaired) electrons. The lowest BCUT2D eigenvalue weighted by atomic mass is 10.2. The molecule has 35 heavy (non-hydrogen) atoms. The normalized spacial score (nSPS) is 11.2. The highest BCUT2D eigenvalue weighted by atomic mass is 32.2. The van der Waals surface area contributed by atoms with Crippen molar-refractivity contribution in [3.63, 3.8) is 0 Å². The van der Waals surface area contributed by atoms with E-state index in [9.17, 15) is 13.2 Å². The third-order valence-corrected chi connectivity index (χ3v) is 6.74. The van der Waals surface area contributed by atoms with E-state index in [1.807, 2.05) is 13.8 Å². The first-order valence-corrected chi connectivity index (χ1v) is 12.5. The molecule has 0 saturated heterocycles. The molecule has 0 spiro atoms. The van der Waals surface area contributed by atoms with Crippen molar-refractivity contribution in [2.45, 2.75) is 31.3 Å². The second-order valence-electron chi connectivity index (χ2n) is 7.69. The van der Waals surface area contributed by atoms with E-state index in [0.29, 0.717) is 31.1 Å². The van der Waals surface area contributed by atoms with Gasteiger partial charge in [0.05, 0.1) is 45.1 Å². The van der Waals surface area contributed by atoms with Crippen molar-refractivity contribution in [1.82, 2.24) is 5.32 Å². The number of ether oxygens (including phenoxy) is 5. The second-order valence-corrected chi connectivity index (χ2v) is 9.55. The Morgan fingerprint density at radius 1 is 0.914 bits per heavy atom. The molecule has 0 saturated carbocycles. The maximum atomic E-state index is 13.8. The van der Waals surface area contributed by atoms with E-state index >= 15 is 0 Å². The third kappa shape index (κ3) is 7.40. The van der Waals surface area contributed by atoms with Gasteiger partial charge in [-0.1, -0.05) is 0 Å². The molecule has 1 amide bonds. The van der Waals surface area contributed by atoms with Crippen molar-refractivity contribution >= 4 is 21.6 Å². The van der Waals surface area contributed by atoms with Crippen molar-refractivity contribution in [3.05, 3.63) is 36.4 Å². The zero-order chi connectivity index (χ0) is 26.0. The molecule has 2 rings (SSSR count). The van der Waals surface area contributed by atoms with Crippen LogP contribution in [0.15, 0.2) is 41.3 Å². The predicted molar refractivity (Wildman–Crippen MR) is 132 cm³/mol.